The number of nitrogens with zero attached hydrogens (tertiary/aromatic N) is 2. The van der Waals surface area contributed by atoms with Crippen molar-refractivity contribution in [1.82, 2.24) is 9.88 Å². The molecule has 1 aromatic heterocycles. The van der Waals surface area contributed by atoms with Crippen molar-refractivity contribution in [3.05, 3.63) is 30.1 Å². The third-order valence-corrected chi connectivity index (χ3v) is 4.11. The molecule has 1 N–H and O–H groups in total. The first-order valence-electron chi connectivity index (χ1n) is 6.53. The first-order valence-corrected chi connectivity index (χ1v) is 6.53. The average molecular weight is 248 g/mol. The van der Waals surface area contributed by atoms with Gasteiger partial charge in [0, 0.05) is 6.20 Å². The summed E-state index contributed by atoms with van der Waals surface area (Å²) in [5.74, 6) is -0.703. The van der Waals surface area contributed by atoms with Crippen LogP contribution in [0.1, 0.15) is 44.8 Å². The molecule has 2 rings (SSSR count). The highest BCUT2D eigenvalue weighted by Crippen LogP contribution is 2.38. The molecule has 0 amide bonds. The minimum Gasteiger partial charge on any atom is -0.480 e. The summed E-state index contributed by atoms with van der Waals surface area (Å²) in [6, 6.07) is 5.84. The fourth-order valence-corrected chi connectivity index (χ4v) is 3.01. The Morgan fingerprint density at radius 3 is 2.94 bits per heavy atom. The van der Waals surface area contributed by atoms with Gasteiger partial charge in [-0.2, -0.15) is 0 Å². The van der Waals surface area contributed by atoms with Gasteiger partial charge in [0.15, 0.2) is 0 Å². The zero-order valence-corrected chi connectivity index (χ0v) is 11.0. The Morgan fingerprint density at radius 1 is 1.61 bits per heavy atom. The summed E-state index contributed by atoms with van der Waals surface area (Å²) in [5, 5.41) is 9.57. The molecule has 1 fully saturated rings. The van der Waals surface area contributed by atoms with E-state index in [0.717, 1.165) is 25.1 Å². The molecule has 1 aliphatic rings. The van der Waals surface area contributed by atoms with Gasteiger partial charge in [0.25, 0.3) is 0 Å². The highest BCUT2D eigenvalue weighted by molar-refractivity contribution is 5.79. The molecule has 2 heterocycles. The number of aromatic nitrogens is 1. The van der Waals surface area contributed by atoms with E-state index in [0.29, 0.717) is 6.42 Å². The average Bonchev–Trinajstić information content (AvgIpc) is 2.84. The second-order valence-electron chi connectivity index (χ2n) is 4.92. The van der Waals surface area contributed by atoms with Gasteiger partial charge in [-0.3, -0.25) is 14.7 Å². The summed E-state index contributed by atoms with van der Waals surface area (Å²) >= 11 is 0. The maximum Gasteiger partial charge on any atom is 0.324 e. The van der Waals surface area contributed by atoms with Crippen LogP contribution in [-0.4, -0.2) is 33.0 Å². The summed E-state index contributed by atoms with van der Waals surface area (Å²) in [5.41, 5.74) is 0.232. The number of rotatable bonds is 4. The predicted octanol–water partition coefficient (Wildman–Crippen LogP) is 2.47. The molecule has 98 valence electrons. The molecule has 0 saturated carbocycles. The molecular weight excluding hydrogens is 228 g/mol. The topological polar surface area (TPSA) is 53.4 Å². The van der Waals surface area contributed by atoms with Gasteiger partial charge in [-0.1, -0.05) is 13.0 Å². The van der Waals surface area contributed by atoms with Gasteiger partial charge in [-0.05, 0) is 44.9 Å². The summed E-state index contributed by atoms with van der Waals surface area (Å²) in [6.07, 6.45) is 4.07. The van der Waals surface area contributed by atoms with E-state index in [4.69, 9.17) is 0 Å². The molecule has 4 nitrogen and oxygen atoms in total. The van der Waals surface area contributed by atoms with Crippen molar-refractivity contribution < 1.29 is 9.90 Å². The minimum atomic E-state index is -0.711. The maximum absolute atomic E-state index is 11.6. The molecule has 1 saturated heterocycles. The maximum atomic E-state index is 11.6. The van der Waals surface area contributed by atoms with Gasteiger partial charge in [0.05, 0.1) is 11.7 Å². The quantitative estimate of drug-likeness (QED) is 0.889. The third-order valence-electron chi connectivity index (χ3n) is 4.11. The van der Waals surface area contributed by atoms with Crippen LogP contribution in [0, 0.1) is 0 Å². The Labute approximate surface area is 108 Å². The van der Waals surface area contributed by atoms with E-state index in [1.54, 1.807) is 6.20 Å². The number of hydrogen-bond acceptors (Lipinski definition) is 3. The summed E-state index contributed by atoms with van der Waals surface area (Å²) in [4.78, 5) is 18.1. The second-order valence-corrected chi connectivity index (χ2v) is 4.92. The van der Waals surface area contributed by atoms with Crippen LogP contribution < -0.4 is 0 Å². The number of carbonyl (C=O) groups is 1. The second kappa shape index (κ2) is 5.06. The molecule has 0 aromatic carbocycles. The van der Waals surface area contributed by atoms with Gasteiger partial charge in [0.2, 0.25) is 0 Å². The fraction of sp³-hybridized carbons (Fsp3) is 0.571. The molecule has 1 aromatic rings. The number of carboxylic acid groups (broad SMARTS) is 1. The van der Waals surface area contributed by atoms with Gasteiger partial charge in [-0.25, -0.2) is 0 Å². The van der Waals surface area contributed by atoms with Crippen molar-refractivity contribution in [2.45, 2.75) is 44.7 Å². The Balaban J connectivity index is 2.29. The molecule has 0 spiro atoms. The van der Waals surface area contributed by atoms with Crippen molar-refractivity contribution in [2.24, 2.45) is 0 Å². The molecular formula is C14H20N2O2. The van der Waals surface area contributed by atoms with Crippen LogP contribution in [0.25, 0.3) is 0 Å². The van der Waals surface area contributed by atoms with E-state index < -0.39 is 11.5 Å². The summed E-state index contributed by atoms with van der Waals surface area (Å²) in [7, 11) is 0. The molecule has 4 heteroatoms. The van der Waals surface area contributed by atoms with Gasteiger partial charge < -0.3 is 5.11 Å². The summed E-state index contributed by atoms with van der Waals surface area (Å²) in [6.45, 7) is 4.83. The van der Waals surface area contributed by atoms with Crippen molar-refractivity contribution in [2.75, 3.05) is 6.54 Å². The van der Waals surface area contributed by atoms with Crippen LogP contribution in [0.4, 0.5) is 0 Å². The van der Waals surface area contributed by atoms with Crippen LogP contribution in [0.2, 0.25) is 0 Å². The van der Waals surface area contributed by atoms with Gasteiger partial charge >= 0.3 is 5.97 Å². The molecule has 2 atom stereocenters. The number of hydrogen-bond donors (Lipinski definition) is 1. The summed E-state index contributed by atoms with van der Waals surface area (Å²) < 4.78 is 0. The predicted molar refractivity (Wildman–Crippen MR) is 69.2 cm³/mol. The Kier molecular flexibility index (Phi) is 3.66. The zero-order chi connectivity index (χ0) is 13.2. The van der Waals surface area contributed by atoms with Crippen molar-refractivity contribution in [1.29, 1.82) is 0 Å². The lowest BCUT2D eigenvalue weighted by Gasteiger charge is -2.37. The van der Waals surface area contributed by atoms with Crippen LogP contribution in [-0.2, 0) is 4.79 Å². The molecule has 0 aliphatic carbocycles. The molecule has 0 radical (unpaired) electrons. The first-order chi connectivity index (χ1) is 8.62. The van der Waals surface area contributed by atoms with Crippen molar-refractivity contribution >= 4 is 5.97 Å². The minimum absolute atomic E-state index is 0.0461. The van der Waals surface area contributed by atoms with Gasteiger partial charge in [-0.15, -0.1) is 0 Å². The van der Waals surface area contributed by atoms with E-state index >= 15 is 0 Å². The number of likely N-dealkylation sites (tertiary alicyclic amines) is 1. The highest BCUT2D eigenvalue weighted by atomic mass is 16.4. The number of aliphatic carboxylic acids is 1. The Bertz CT molecular complexity index is 421. The normalized spacial score (nSPS) is 26.1. The van der Waals surface area contributed by atoms with Crippen LogP contribution >= 0.6 is 0 Å². The van der Waals surface area contributed by atoms with E-state index in [-0.39, 0.29) is 6.04 Å². The fourth-order valence-electron chi connectivity index (χ4n) is 3.01. The van der Waals surface area contributed by atoms with Crippen LogP contribution in [0.15, 0.2) is 24.4 Å². The highest BCUT2D eigenvalue weighted by Gasteiger charge is 2.48. The van der Waals surface area contributed by atoms with Crippen LogP contribution in [0.5, 0.6) is 0 Å². The lowest BCUT2D eigenvalue weighted by molar-refractivity contribution is -0.151. The zero-order valence-electron chi connectivity index (χ0n) is 11.0. The van der Waals surface area contributed by atoms with E-state index in [1.165, 1.54) is 0 Å². The smallest absolute Gasteiger partial charge is 0.324 e. The molecule has 2 unspecified atom stereocenters. The largest absolute Gasteiger partial charge is 0.480 e. The van der Waals surface area contributed by atoms with Crippen molar-refractivity contribution in [3.8, 4) is 0 Å². The monoisotopic (exact) mass is 248 g/mol. The SMILES string of the molecule is CCC1(C(=O)O)CCCN1C(C)c1ccccn1. The Morgan fingerprint density at radius 2 is 2.39 bits per heavy atom. The van der Waals surface area contributed by atoms with Crippen LogP contribution in [0.3, 0.4) is 0 Å². The lowest BCUT2D eigenvalue weighted by Crippen LogP contribution is -2.51. The standard InChI is InChI=1S/C14H20N2O2/c1-3-14(13(17)18)8-6-10-16(14)11(2)12-7-4-5-9-15-12/h4-5,7,9,11H,3,6,8,10H2,1-2H3,(H,17,18). The molecule has 0 bridgehead atoms. The number of pyridine rings is 1. The van der Waals surface area contributed by atoms with Gasteiger partial charge in [0.1, 0.15) is 5.54 Å². The van der Waals surface area contributed by atoms with E-state index in [1.807, 2.05) is 32.0 Å². The molecule has 18 heavy (non-hydrogen) atoms. The number of carboxylic acids is 1. The third kappa shape index (κ3) is 2.01. The lowest BCUT2D eigenvalue weighted by atomic mass is 9.91. The Hall–Kier alpha value is -1.42. The molecule has 1 aliphatic heterocycles. The first kappa shape index (κ1) is 13.0. The van der Waals surface area contributed by atoms with Crippen molar-refractivity contribution in [3.63, 3.8) is 0 Å². The van der Waals surface area contributed by atoms with E-state index in [9.17, 15) is 9.90 Å². The van der Waals surface area contributed by atoms with E-state index in [2.05, 4.69) is 9.88 Å².